The molecule has 0 heterocycles. The molecule has 3 rings (SSSR count). The van der Waals surface area contributed by atoms with Crippen LogP contribution in [0.5, 0.6) is 5.75 Å². The summed E-state index contributed by atoms with van der Waals surface area (Å²) >= 11 is 12.0. The molecule has 0 aromatic heterocycles. The predicted molar refractivity (Wildman–Crippen MR) is 115 cm³/mol. The van der Waals surface area contributed by atoms with Gasteiger partial charge in [0, 0.05) is 11.3 Å². The SMILES string of the molecule is CS(=O)(=O)c1ccc(Cl)c(NC(=O)c2ccccc2OCc2ccc(Cl)cc2)c1. The summed E-state index contributed by atoms with van der Waals surface area (Å²) in [6, 6.07) is 18.1. The number of benzene rings is 3. The second kappa shape index (κ2) is 8.86. The Bertz CT molecular complexity index is 1150. The molecule has 0 atom stereocenters. The van der Waals surface area contributed by atoms with Crippen molar-refractivity contribution in [2.24, 2.45) is 0 Å². The first-order valence-corrected chi connectivity index (χ1v) is 11.2. The molecular formula is C21H17Cl2NO4S. The van der Waals surface area contributed by atoms with Gasteiger partial charge in [-0.1, -0.05) is 47.5 Å². The Hall–Kier alpha value is -2.54. The Balaban J connectivity index is 1.81. The normalized spacial score (nSPS) is 11.1. The fourth-order valence-electron chi connectivity index (χ4n) is 2.54. The number of ether oxygens (including phenoxy) is 1. The van der Waals surface area contributed by atoms with Crippen LogP contribution < -0.4 is 10.1 Å². The van der Waals surface area contributed by atoms with Crippen molar-refractivity contribution in [3.05, 3.63) is 87.9 Å². The Labute approximate surface area is 179 Å². The van der Waals surface area contributed by atoms with Crippen molar-refractivity contribution in [3.63, 3.8) is 0 Å². The van der Waals surface area contributed by atoms with Gasteiger partial charge in [-0.2, -0.15) is 0 Å². The van der Waals surface area contributed by atoms with Crippen molar-refractivity contribution in [2.75, 3.05) is 11.6 Å². The van der Waals surface area contributed by atoms with Crippen molar-refractivity contribution < 1.29 is 17.9 Å². The Morgan fingerprint density at radius 3 is 2.38 bits per heavy atom. The summed E-state index contributed by atoms with van der Waals surface area (Å²) in [5, 5.41) is 3.51. The number of carbonyl (C=O) groups is 1. The highest BCUT2D eigenvalue weighted by Gasteiger charge is 2.16. The number of carbonyl (C=O) groups excluding carboxylic acids is 1. The lowest BCUT2D eigenvalue weighted by Gasteiger charge is -2.13. The van der Waals surface area contributed by atoms with E-state index in [0.717, 1.165) is 11.8 Å². The Kier molecular flexibility index (Phi) is 6.47. The smallest absolute Gasteiger partial charge is 0.259 e. The van der Waals surface area contributed by atoms with Gasteiger partial charge in [0.15, 0.2) is 9.84 Å². The minimum atomic E-state index is -3.44. The van der Waals surface area contributed by atoms with E-state index in [1.54, 1.807) is 36.4 Å². The Morgan fingerprint density at radius 1 is 1.00 bits per heavy atom. The van der Waals surface area contributed by atoms with Crippen LogP contribution in [0.4, 0.5) is 5.69 Å². The highest BCUT2D eigenvalue weighted by Crippen LogP contribution is 2.27. The molecule has 0 radical (unpaired) electrons. The van der Waals surface area contributed by atoms with Gasteiger partial charge in [0.2, 0.25) is 0 Å². The number of amides is 1. The summed E-state index contributed by atoms with van der Waals surface area (Å²) in [7, 11) is -3.44. The van der Waals surface area contributed by atoms with Crippen molar-refractivity contribution in [3.8, 4) is 5.75 Å². The highest BCUT2D eigenvalue weighted by molar-refractivity contribution is 7.90. The molecule has 0 bridgehead atoms. The lowest BCUT2D eigenvalue weighted by atomic mass is 10.1. The second-order valence-corrected chi connectivity index (χ2v) is 9.14. The topological polar surface area (TPSA) is 72.5 Å². The van der Waals surface area contributed by atoms with E-state index in [1.165, 1.54) is 18.2 Å². The number of nitrogens with one attached hydrogen (secondary N) is 1. The molecule has 5 nitrogen and oxygen atoms in total. The first-order valence-electron chi connectivity index (χ1n) is 8.51. The zero-order valence-corrected chi connectivity index (χ0v) is 17.7. The Morgan fingerprint density at radius 2 is 1.69 bits per heavy atom. The van der Waals surface area contributed by atoms with Crippen LogP contribution >= 0.6 is 23.2 Å². The van der Waals surface area contributed by atoms with Crippen LogP contribution in [0.1, 0.15) is 15.9 Å². The van der Waals surface area contributed by atoms with Crippen LogP contribution in [0.15, 0.2) is 71.6 Å². The molecule has 1 amide bonds. The van der Waals surface area contributed by atoms with E-state index < -0.39 is 15.7 Å². The van der Waals surface area contributed by atoms with Gasteiger partial charge in [0.25, 0.3) is 5.91 Å². The van der Waals surface area contributed by atoms with Crippen LogP contribution in [0, 0.1) is 0 Å². The van der Waals surface area contributed by atoms with E-state index >= 15 is 0 Å². The molecule has 150 valence electrons. The highest BCUT2D eigenvalue weighted by atomic mass is 35.5. The van der Waals surface area contributed by atoms with Gasteiger partial charge >= 0.3 is 0 Å². The summed E-state index contributed by atoms with van der Waals surface area (Å²) in [6.45, 7) is 0.256. The standard InChI is InChI=1S/C21H17Cl2NO4S/c1-29(26,27)16-10-11-18(23)19(12-16)24-21(25)17-4-2-3-5-20(17)28-13-14-6-8-15(22)9-7-14/h2-12H,13H2,1H3,(H,24,25). The third-order valence-electron chi connectivity index (χ3n) is 4.05. The van der Waals surface area contributed by atoms with Crippen LogP contribution in [-0.4, -0.2) is 20.6 Å². The maximum Gasteiger partial charge on any atom is 0.259 e. The third kappa shape index (κ3) is 5.50. The van der Waals surface area contributed by atoms with Crippen LogP contribution in [0.2, 0.25) is 10.0 Å². The number of hydrogen-bond acceptors (Lipinski definition) is 4. The van der Waals surface area contributed by atoms with Gasteiger partial charge in [-0.3, -0.25) is 4.79 Å². The monoisotopic (exact) mass is 449 g/mol. The summed E-state index contributed by atoms with van der Waals surface area (Å²) in [5.74, 6) is -0.0837. The molecule has 0 aliphatic carbocycles. The van der Waals surface area contributed by atoms with E-state index in [4.69, 9.17) is 27.9 Å². The number of rotatable bonds is 6. The molecule has 0 spiro atoms. The molecule has 0 aliphatic rings. The zero-order valence-electron chi connectivity index (χ0n) is 15.4. The molecule has 3 aromatic carbocycles. The van der Waals surface area contributed by atoms with Gasteiger partial charge in [-0.05, 0) is 48.0 Å². The van der Waals surface area contributed by atoms with Crippen molar-refractivity contribution in [2.45, 2.75) is 11.5 Å². The fourth-order valence-corrected chi connectivity index (χ4v) is 3.48. The van der Waals surface area contributed by atoms with E-state index in [0.29, 0.717) is 16.3 Å². The van der Waals surface area contributed by atoms with Gasteiger partial charge in [-0.15, -0.1) is 0 Å². The maximum absolute atomic E-state index is 12.8. The van der Waals surface area contributed by atoms with E-state index in [2.05, 4.69) is 5.32 Å². The minimum absolute atomic E-state index is 0.0597. The van der Waals surface area contributed by atoms with Crippen LogP contribution in [-0.2, 0) is 16.4 Å². The lowest BCUT2D eigenvalue weighted by molar-refractivity contribution is 0.102. The molecule has 29 heavy (non-hydrogen) atoms. The molecule has 0 unspecified atom stereocenters. The maximum atomic E-state index is 12.8. The number of anilines is 1. The van der Waals surface area contributed by atoms with Crippen LogP contribution in [0.25, 0.3) is 0 Å². The molecular weight excluding hydrogens is 433 g/mol. The molecule has 1 N–H and O–H groups in total. The third-order valence-corrected chi connectivity index (χ3v) is 5.75. The molecule has 0 fully saturated rings. The van der Waals surface area contributed by atoms with Crippen molar-refractivity contribution in [1.29, 1.82) is 0 Å². The van der Waals surface area contributed by atoms with Gasteiger partial charge in [0.1, 0.15) is 12.4 Å². The summed E-state index contributed by atoms with van der Waals surface area (Å²) < 4.78 is 29.3. The van der Waals surface area contributed by atoms with Crippen molar-refractivity contribution >= 4 is 44.6 Å². The molecule has 0 saturated carbocycles. The first kappa shape index (κ1) is 21.2. The van der Waals surface area contributed by atoms with E-state index in [1.807, 2.05) is 12.1 Å². The van der Waals surface area contributed by atoms with Gasteiger partial charge in [0.05, 0.1) is 21.2 Å². The molecule has 0 aliphatic heterocycles. The van der Waals surface area contributed by atoms with Gasteiger partial charge < -0.3 is 10.1 Å². The first-order chi connectivity index (χ1) is 13.7. The fraction of sp³-hybridized carbons (Fsp3) is 0.0952. The predicted octanol–water partition coefficient (Wildman–Crippen LogP) is 5.23. The molecule has 3 aromatic rings. The number of sulfone groups is 1. The molecule has 8 heteroatoms. The lowest BCUT2D eigenvalue weighted by Crippen LogP contribution is -2.14. The van der Waals surface area contributed by atoms with Gasteiger partial charge in [-0.25, -0.2) is 8.42 Å². The summed E-state index contributed by atoms with van der Waals surface area (Å²) in [4.78, 5) is 12.8. The number of para-hydroxylation sites is 1. The summed E-state index contributed by atoms with van der Waals surface area (Å²) in [6.07, 6.45) is 1.09. The van der Waals surface area contributed by atoms with E-state index in [-0.39, 0.29) is 22.2 Å². The number of halogens is 2. The number of hydrogen-bond donors (Lipinski definition) is 1. The average molecular weight is 450 g/mol. The largest absolute Gasteiger partial charge is 0.488 e. The quantitative estimate of drug-likeness (QED) is 0.559. The molecule has 0 saturated heterocycles. The minimum Gasteiger partial charge on any atom is -0.488 e. The average Bonchev–Trinajstić information content (AvgIpc) is 2.68. The second-order valence-electron chi connectivity index (χ2n) is 6.28. The van der Waals surface area contributed by atoms with E-state index in [9.17, 15) is 13.2 Å². The summed E-state index contributed by atoms with van der Waals surface area (Å²) in [5.41, 5.74) is 1.39. The van der Waals surface area contributed by atoms with Crippen LogP contribution in [0.3, 0.4) is 0 Å². The van der Waals surface area contributed by atoms with Crippen molar-refractivity contribution in [1.82, 2.24) is 0 Å². The zero-order chi connectivity index (χ0) is 21.0.